The maximum atomic E-state index is 11.9. The van der Waals surface area contributed by atoms with Crippen LogP contribution in [0.2, 0.25) is 0 Å². The van der Waals surface area contributed by atoms with Gasteiger partial charge in [-0.1, -0.05) is 6.42 Å². The van der Waals surface area contributed by atoms with E-state index in [1.165, 1.54) is 0 Å². The van der Waals surface area contributed by atoms with Crippen LogP contribution in [-0.2, 0) is 9.53 Å². The topological polar surface area (TPSA) is 61.8 Å². The first-order valence-corrected chi connectivity index (χ1v) is 7.00. The van der Waals surface area contributed by atoms with Crippen molar-refractivity contribution in [1.29, 1.82) is 0 Å². The van der Waals surface area contributed by atoms with Crippen LogP contribution in [-0.4, -0.2) is 61.4 Å². The zero-order chi connectivity index (χ0) is 12.8. The highest BCUT2D eigenvalue weighted by Crippen LogP contribution is 2.23. The second-order valence-corrected chi connectivity index (χ2v) is 5.31. The van der Waals surface area contributed by atoms with Gasteiger partial charge in [-0.05, 0) is 31.7 Å². The lowest BCUT2D eigenvalue weighted by atomic mass is 9.87. The van der Waals surface area contributed by atoms with E-state index < -0.39 is 0 Å². The standard InChI is InChI=1S/C13H24N2O3/c16-12-3-1-2-11(8-12)9-14-10-13(17)15-4-6-18-7-5-15/h11-12,14,16H,1-10H2. The minimum atomic E-state index is -0.138. The van der Waals surface area contributed by atoms with Crippen LogP contribution in [0, 0.1) is 5.92 Å². The summed E-state index contributed by atoms with van der Waals surface area (Å²) in [5.74, 6) is 0.681. The number of morpholine rings is 1. The van der Waals surface area contributed by atoms with Gasteiger partial charge in [-0.25, -0.2) is 0 Å². The van der Waals surface area contributed by atoms with Crippen LogP contribution in [0.3, 0.4) is 0 Å². The van der Waals surface area contributed by atoms with Gasteiger partial charge in [-0.15, -0.1) is 0 Å². The van der Waals surface area contributed by atoms with Gasteiger partial charge in [0.1, 0.15) is 0 Å². The van der Waals surface area contributed by atoms with E-state index in [0.29, 0.717) is 38.8 Å². The largest absolute Gasteiger partial charge is 0.393 e. The summed E-state index contributed by atoms with van der Waals surface area (Å²) in [4.78, 5) is 13.7. The molecule has 2 unspecified atom stereocenters. The van der Waals surface area contributed by atoms with Gasteiger partial charge in [-0.2, -0.15) is 0 Å². The summed E-state index contributed by atoms with van der Waals surface area (Å²) in [5.41, 5.74) is 0. The molecule has 1 aliphatic heterocycles. The van der Waals surface area contributed by atoms with E-state index in [-0.39, 0.29) is 12.0 Å². The molecule has 0 aromatic heterocycles. The number of nitrogens with one attached hydrogen (secondary N) is 1. The maximum absolute atomic E-state index is 11.9. The molecule has 104 valence electrons. The van der Waals surface area contributed by atoms with Gasteiger partial charge < -0.3 is 20.1 Å². The summed E-state index contributed by atoms with van der Waals surface area (Å²) < 4.78 is 5.22. The van der Waals surface area contributed by atoms with E-state index >= 15 is 0 Å². The van der Waals surface area contributed by atoms with Crippen LogP contribution < -0.4 is 5.32 Å². The number of aliphatic hydroxyl groups is 1. The molecule has 2 aliphatic rings. The number of hydrogen-bond acceptors (Lipinski definition) is 4. The van der Waals surface area contributed by atoms with Gasteiger partial charge in [0.2, 0.25) is 5.91 Å². The molecule has 1 saturated carbocycles. The van der Waals surface area contributed by atoms with Gasteiger partial charge in [-0.3, -0.25) is 4.79 Å². The summed E-state index contributed by atoms with van der Waals surface area (Å²) in [6.07, 6.45) is 3.93. The third-order valence-corrected chi connectivity index (χ3v) is 3.83. The first-order chi connectivity index (χ1) is 8.75. The van der Waals surface area contributed by atoms with Crippen molar-refractivity contribution in [2.24, 2.45) is 5.92 Å². The number of rotatable bonds is 4. The fourth-order valence-corrected chi connectivity index (χ4v) is 2.76. The predicted molar refractivity (Wildman–Crippen MR) is 68.2 cm³/mol. The Hall–Kier alpha value is -0.650. The van der Waals surface area contributed by atoms with Crippen LogP contribution in [0.25, 0.3) is 0 Å². The molecular weight excluding hydrogens is 232 g/mol. The second kappa shape index (κ2) is 7.07. The first-order valence-electron chi connectivity index (χ1n) is 7.00. The molecule has 18 heavy (non-hydrogen) atoms. The molecule has 1 heterocycles. The first kappa shape index (κ1) is 13.8. The van der Waals surface area contributed by atoms with Crippen LogP contribution in [0.1, 0.15) is 25.7 Å². The van der Waals surface area contributed by atoms with Gasteiger partial charge in [0, 0.05) is 13.1 Å². The van der Waals surface area contributed by atoms with Gasteiger partial charge in [0.25, 0.3) is 0 Å². The average Bonchev–Trinajstić information content (AvgIpc) is 2.40. The lowest BCUT2D eigenvalue weighted by molar-refractivity contribution is -0.134. The van der Waals surface area contributed by atoms with Crippen LogP contribution in [0.4, 0.5) is 0 Å². The molecule has 5 nitrogen and oxygen atoms in total. The lowest BCUT2D eigenvalue weighted by Gasteiger charge is -2.28. The van der Waals surface area contributed by atoms with E-state index in [9.17, 15) is 9.90 Å². The van der Waals surface area contributed by atoms with Gasteiger partial charge >= 0.3 is 0 Å². The summed E-state index contributed by atoms with van der Waals surface area (Å²) in [5, 5.41) is 12.8. The highest BCUT2D eigenvalue weighted by Gasteiger charge is 2.21. The smallest absolute Gasteiger partial charge is 0.236 e. The van der Waals surface area contributed by atoms with Crippen molar-refractivity contribution in [2.45, 2.75) is 31.8 Å². The molecule has 2 atom stereocenters. The van der Waals surface area contributed by atoms with E-state index in [1.54, 1.807) is 0 Å². The van der Waals surface area contributed by atoms with Gasteiger partial charge in [0.05, 0.1) is 25.9 Å². The van der Waals surface area contributed by atoms with E-state index in [1.807, 2.05) is 4.90 Å². The van der Waals surface area contributed by atoms with Crippen molar-refractivity contribution in [3.8, 4) is 0 Å². The molecule has 0 spiro atoms. The molecule has 0 radical (unpaired) electrons. The minimum absolute atomic E-state index is 0.138. The number of ether oxygens (including phenoxy) is 1. The highest BCUT2D eigenvalue weighted by atomic mass is 16.5. The maximum Gasteiger partial charge on any atom is 0.236 e. The van der Waals surface area contributed by atoms with Gasteiger partial charge in [0.15, 0.2) is 0 Å². The Morgan fingerprint density at radius 3 is 2.83 bits per heavy atom. The van der Waals surface area contributed by atoms with Crippen LogP contribution >= 0.6 is 0 Å². The van der Waals surface area contributed by atoms with Crippen LogP contribution in [0.15, 0.2) is 0 Å². The number of carbonyl (C=O) groups excluding carboxylic acids is 1. The summed E-state index contributed by atoms with van der Waals surface area (Å²) in [6, 6.07) is 0. The van der Waals surface area contributed by atoms with Crippen molar-refractivity contribution < 1.29 is 14.6 Å². The molecule has 5 heteroatoms. The molecule has 2 N–H and O–H groups in total. The molecule has 0 aromatic carbocycles. The Morgan fingerprint density at radius 2 is 2.11 bits per heavy atom. The molecule has 1 saturated heterocycles. The zero-order valence-corrected chi connectivity index (χ0v) is 10.9. The monoisotopic (exact) mass is 256 g/mol. The molecule has 2 fully saturated rings. The molecule has 1 amide bonds. The Morgan fingerprint density at radius 1 is 1.33 bits per heavy atom. The van der Waals surface area contributed by atoms with E-state index in [0.717, 1.165) is 32.2 Å². The molecule has 0 bridgehead atoms. The van der Waals surface area contributed by atoms with Crippen molar-refractivity contribution in [2.75, 3.05) is 39.4 Å². The second-order valence-electron chi connectivity index (χ2n) is 5.31. The number of hydrogen-bond donors (Lipinski definition) is 2. The molecule has 2 rings (SSSR count). The van der Waals surface area contributed by atoms with E-state index in [2.05, 4.69) is 5.32 Å². The third-order valence-electron chi connectivity index (χ3n) is 3.83. The highest BCUT2D eigenvalue weighted by molar-refractivity contribution is 5.78. The quantitative estimate of drug-likeness (QED) is 0.742. The molecule has 1 aliphatic carbocycles. The van der Waals surface area contributed by atoms with Crippen LogP contribution in [0.5, 0.6) is 0 Å². The molecular formula is C13H24N2O3. The lowest BCUT2D eigenvalue weighted by Crippen LogP contribution is -2.45. The average molecular weight is 256 g/mol. The Balaban J connectivity index is 1.60. The summed E-state index contributed by atoms with van der Waals surface area (Å²) >= 11 is 0. The summed E-state index contributed by atoms with van der Waals surface area (Å²) in [7, 11) is 0. The number of amides is 1. The Bertz CT molecular complexity index is 267. The summed E-state index contributed by atoms with van der Waals surface area (Å²) in [6.45, 7) is 3.98. The van der Waals surface area contributed by atoms with Crippen molar-refractivity contribution >= 4 is 5.91 Å². The van der Waals surface area contributed by atoms with E-state index in [4.69, 9.17) is 4.74 Å². The van der Waals surface area contributed by atoms with Crippen molar-refractivity contribution in [1.82, 2.24) is 10.2 Å². The fraction of sp³-hybridized carbons (Fsp3) is 0.923. The minimum Gasteiger partial charge on any atom is -0.393 e. The Kier molecular flexibility index (Phi) is 5.41. The SMILES string of the molecule is O=C(CNCC1CCCC(O)C1)N1CCOCC1. The van der Waals surface area contributed by atoms with Crippen molar-refractivity contribution in [3.63, 3.8) is 0 Å². The van der Waals surface area contributed by atoms with Crippen molar-refractivity contribution in [3.05, 3.63) is 0 Å². The number of carbonyl (C=O) groups is 1. The predicted octanol–water partition coefficient (Wildman–Crippen LogP) is -0.0141. The number of aliphatic hydroxyl groups excluding tert-OH is 1. The molecule has 0 aromatic rings. The number of nitrogens with zero attached hydrogens (tertiary/aromatic N) is 1. The zero-order valence-electron chi connectivity index (χ0n) is 10.9. The third kappa shape index (κ3) is 4.23. The Labute approximate surface area is 108 Å². The fourth-order valence-electron chi connectivity index (χ4n) is 2.76. The normalized spacial score (nSPS) is 29.3.